The number of nitrogens with zero attached hydrogens (tertiary/aromatic N) is 6. The quantitative estimate of drug-likeness (QED) is 0.436. The number of nitrogens with one attached hydrogen (secondary N) is 1. The lowest BCUT2D eigenvalue weighted by Crippen LogP contribution is -2.46. The van der Waals surface area contributed by atoms with E-state index in [1.54, 1.807) is 6.20 Å². The van der Waals surface area contributed by atoms with E-state index in [2.05, 4.69) is 67.5 Å². The number of aromatic nitrogens is 3. The van der Waals surface area contributed by atoms with Gasteiger partial charge in [-0.05, 0) is 23.3 Å². The molecule has 38 heavy (non-hydrogen) atoms. The maximum absolute atomic E-state index is 12.0. The molecule has 8 nitrogen and oxygen atoms in total. The molecule has 4 heterocycles. The monoisotopic (exact) mass is 501 g/mol. The summed E-state index contributed by atoms with van der Waals surface area (Å²) in [7, 11) is 0. The molecular weight excluding hydrogens is 474 g/mol. The van der Waals surface area contributed by atoms with E-state index in [-0.39, 0.29) is 11.7 Å². The SMILES string of the molecule is N#Cc1nccc(N2CCN(Cc3ccc(-c4nc5c(cc4-c4ccccc4)NC(=O)CC5)cc3)CC2)n1. The third-order valence-corrected chi connectivity index (χ3v) is 7.12. The first kappa shape index (κ1) is 23.8. The van der Waals surface area contributed by atoms with E-state index in [0.717, 1.165) is 72.3 Å². The smallest absolute Gasteiger partial charge is 0.234 e. The number of fused-ring (bicyclic) bond motifs is 1. The van der Waals surface area contributed by atoms with Crippen LogP contribution in [0.15, 0.2) is 72.9 Å². The molecule has 6 rings (SSSR count). The predicted molar refractivity (Wildman–Crippen MR) is 146 cm³/mol. The van der Waals surface area contributed by atoms with Gasteiger partial charge < -0.3 is 10.2 Å². The molecule has 0 atom stereocenters. The minimum absolute atomic E-state index is 0.0419. The molecule has 2 aromatic heterocycles. The first-order chi connectivity index (χ1) is 18.7. The molecule has 2 aliphatic rings. The molecule has 1 saturated heterocycles. The Hall–Kier alpha value is -4.61. The van der Waals surface area contributed by atoms with Crippen LogP contribution in [0.1, 0.15) is 23.5 Å². The molecule has 0 unspecified atom stereocenters. The number of hydrogen-bond donors (Lipinski definition) is 1. The average molecular weight is 502 g/mol. The van der Waals surface area contributed by atoms with E-state index in [0.29, 0.717) is 12.8 Å². The Balaban J connectivity index is 1.18. The summed E-state index contributed by atoms with van der Waals surface area (Å²) >= 11 is 0. The number of amides is 1. The summed E-state index contributed by atoms with van der Waals surface area (Å²) in [6, 6.07) is 24.8. The van der Waals surface area contributed by atoms with Crippen molar-refractivity contribution in [1.82, 2.24) is 19.9 Å². The van der Waals surface area contributed by atoms with Gasteiger partial charge >= 0.3 is 0 Å². The zero-order valence-electron chi connectivity index (χ0n) is 21.0. The summed E-state index contributed by atoms with van der Waals surface area (Å²) in [4.78, 5) is 30.0. The molecular formula is C30H27N7O. The van der Waals surface area contributed by atoms with E-state index in [9.17, 15) is 4.79 Å². The Bertz CT molecular complexity index is 1500. The standard InChI is InChI=1S/C30H27N7O/c31-19-27-32-13-12-28(35-27)37-16-14-36(15-17-37)20-21-6-8-23(9-7-21)30-24(22-4-2-1-3-5-22)18-26-25(34-30)10-11-29(38)33-26/h1-9,12-13,18H,10-11,14-17,20H2,(H,33,38). The zero-order chi connectivity index (χ0) is 25.9. The second-order valence-corrected chi connectivity index (χ2v) is 9.60. The van der Waals surface area contributed by atoms with Crippen LogP contribution in [0.4, 0.5) is 11.5 Å². The van der Waals surface area contributed by atoms with Crippen molar-refractivity contribution in [3.05, 3.63) is 90.0 Å². The molecule has 0 aliphatic carbocycles. The maximum atomic E-state index is 12.0. The molecule has 2 aliphatic heterocycles. The minimum atomic E-state index is 0.0419. The first-order valence-corrected chi connectivity index (χ1v) is 12.9. The van der Waals surface area contributed by atoms with Crippen LogP contribution in [0, 0.1) is 11.3 Å². The van der Waals surface area contributed by atoms with E-state index in [1.807, 2.05) is 30.3 Å². The Labute approximate surface area is 221 Å². The van der Waals surface area contributed by atoms with Gasteiger partial charge in [-0.2, -0.15) is 5.26 Å². The van der Waals surface area contributed by atoms with Crippen molar-refractivity contribution in [2.75, 3.05) is 36.4 Å². The van der Waals surface area contributed by atoms with Crippen molar-refractivity contribution in [2.45, 2.75) is 19.4 Å². The number of carbonyl (C=O) groups is 1. The number of aryl methyl sites for hydroxylation is 1. The largest absolute Gasteiger partial charge is 0.354 e. The van der Waals surface area contributed by atoms with Crippen molar-refractivity contribution < 1.29 is 4.79 Å². The highest BCUT2D eigenvalue weighted by molar-refractivity contribution is 5.95. The summed E-state index contributed by atoms with van der Waals surface area (Å²) in [6.45, 7) is 4.43. The van der Waals surface area contributed by atoms with Crippen LogP contribution in [0.2, 0.25) is 0 Å². The second kappa shape index (κ2) is 10.4. The number of piperazine rings is 1. The van der Waals surface area contributed by atoms with Crippen LogP contribution in [0.3, 0.4) is 0 Å². The van der Waals surface area contributed by atoms with Crippen LogP contribution in [0.25, 0.3) is 22.4 Å². The van der Waals surface area contributed by atoms with Crippen LogP contribution in [-0.4, -0.2) is 51.9 Å². The molecule has 8 heteroatoms. The molecule has 1 amide bonds. The molecule has 1 N–H and O–H groups in total. The fourth-order valence-electron chi connectivity index (χ4n) is 5.09. The molecule has 0 bridgehead atoms. The van der Waals surface area contributed by atoms with Crippen LogP contribution < -0.4 is 10.2 Å². The fourth-order valence-corrected chi connectivity index (χ4v) is 5.09. The van der Waals surface area contributed by atoms with Crippen molar-refractivity contribution in [3.8, 4) is 28.5 Å². The molecule has 4 aromatic rings. The Morgan fingerprint density at radius 3 is 2.45 bits per heavy atom. The van der Waals surface area contributed by atoms with Gasteiger partial charge in [-0.3, -0.25) is 9.69 Å². The highest BCUT2D eigenvalue weighted by Crippen LogP contribution is 2.36. The summed E-state index contributed by atoms with van der Waals surface area (Å²) in [5.41, 5.74) is 7.09. The van der Waals surface area contributed by atoms with Gasteiger partial charge in [0.25, 0.3) is 0 Å². The van der Waals surface area contributed by atoms with Crippen molar-refractivity contribution in [3.63, 3.8) is 0 Å². The topological polar surface area (TPSA) is 98.0 Å². The Morgan fingerprint density at radius 1 is 0.895 bits per heavy atom. The molecule has 0 saturated carbocycles. The van der Waals surface area contributed by atoms with Gasteiger partial charge in [0.1, 0.15) is 11.9 Å². The lowest BCUT2D eigenvalue weighted by molar-refractivity contribution is -0.116. The number of nitriles is 1. The zero-order valence-corrected chi connectivity index (χ0v) is 21.0. The van der Waals surface area contributed by atoms with Gasteiger partial charge in [0.05, 0.1) is 17.1 Å². The Kier molecular flexibility index (Phi) is 6.51. The van der Waals surface area contributed by atoms with E-state index in [1.165, 1.54) is 5.56 Å². The first-order valence-electron chi connectivity index (χ1n) is 12.9. The van der Waals surface area contributed by atoms with Gasteiger partial charge in [-0.15, -0.1) is 0 Å². The van der Waals surface area contributed by atoms with E-state index < -0.39 is 0 Å². The Morgan fingerprint density at radius 2 is 1.68 bits per heavy atom. The third-order valence-electron chi connectivity index (χ3n) is 7.12. The number of rotatable bonds is 5. The van der Waals surface area contributed by atoms with Crippen LogP contribution >= 0.6 is 0 Å². The number of carbonyl (C=O) groups excluding carboxylic acids is 1. The molecule has 188 valence electrons. The van der Waals surface area contributed by atoms with Crippen LogP contribution in [0.5, 0.6) is 0 Å². The molecule has 0 radical (unpaired) electrons. The fraction of sp³-hybridized carbons (Fsp3) is 0.233. The third kappa shape index (κ3) is 4.97. The molecule has 2 aromatic carbocycles. The van der Waals surface area contributed by atoms with Crippen molar-refractivity contribution in [1.29, 1.82) is 5.26 Å². The molecule has 0 spiro atoms. The normalized spacial score (nSPS) is 15.4. The number of anilines is 2. The molecule has 1 fully saturated rings. The van der Waals surface area contributed by atoms with Gasteiger partial charge in [0.15, 0.2) is 0 Å². The lowest BCUT2D eigenvalue weighted by Gasteiger charge is -2.35. The summed E-state index contributed by atoms with van der Waals surface area (Å²) < 4.78 is 0. The highest BCUT2D eigenvalue weighted by Gasteiger charge is 2.21. The van der Waals surface area contributed by atoms with Crippen molar-refractivity contribution in [2.24, 2.45) is 0 Å². The summed E-state index contributed by atoms with van der Waals surface area (Å²) in [5, 5.41) is 12.1. The van der Waals surface area contributed by atoms with E-state index >= 15 is 0 Å². The number of pyridine rings is 1. The van der Waals surface area contributed by atoms with Gasteiger partial charge in [-0.1, -0.05) is 54.6 Å². The average Bonchev–Trinajstić information content (AvgIpc) is 2.98. The maximum Gasteiger partial charge on any atom is 0.234 e. The highest BCUT2D eigenvalue weighted by atomic mass is 16.1. The van der Waals surface area contributed by atoms with Crippen LogP contribution in [-0.2, 0) is 17.8 Å². The second-order valence-electron chi connectivity index (χ2n) is 9.60. The van der Waals surface area contributed by atoms with Crippen molar-refractivity contribution >= 4 is 17.4 Å². The van der Waals surface area contributed by atoms with Gasteiger partial charge in [0.2, 0.25) is 11.7 Å². The minimum Gasteiger partial charge on any atom is -0.354 e. The van der Waals surface area contributed by atoms with Gasteiger partial charge in [0, 0.05) is 62.9 Å². The summed E-state index contributed by atoms with van der Waals surface area (Å²) in [5.74, 6) is 1.06. The van der Waals surface area contributed by atoms with E-state index in [4.69, 9.17) is 10.2 Å². The predicted octanol–water partition coefficient (Wildman–Crippen LogP) is 4.28. The van der Waals surface area contributed by atoms with Gasteiger partial charge in [-0.25, -0.2) is 15.0 Å². The number of hydrogen-bond acceptors (Lipinski definition) is 7. The summed E-state index contributed by atoms with van der Waals surface area (Å²) in [6.07, 6.45) is 2.76. The number of benzene rings is 2. The lowest BCUT2D eigenvalue weighted by atomic mass is 9.96.